The van der Waals surface area contributed by atoms with E-state index in [4.69, 9.17) is 5.11 Å². The van der Waals surface area contributed by atoms with E-state index in [-0.39, 0.29) is 28.4 Å². The lowest BCUT2D eigenvalue weighted by molar-refractivity contribution is -0.138. The third-order valence-electron chi connectivity index (χ3n) is 1.36. The van der Waals surface area contributed by atoms with Crippen LogP contribution in [0.2, 0.25) is 0 Å². The van der Waals surface area contributed by atoms with E-state index in [1.807, 2.05) is 0 Å². The predicted molar refractivity (Wildman–Crippen MR) is 54.7 cm³/mol. The van der Waals surface area contributed by atoms with Crippen LogP contribution in [0.25, 0.3) is 0 Å². The third kappa shape index (κ3) is 5.77. The van der Waals surface area contributed by atoms with Crippen LogP contribution in [0.1, 0.15) is 0 Å². The molecule has 11 heteroatoms. The first kappa shape index (κ1) is 14.1. The summed E-state index contributed by atoms with van der Waals surface area (Å²) in [6.45, 7) is -0.415. The minimum absolute atomic E-state index is 0.140. The third-order valence-corrected chi connectivity index (χ3v) is 3.32. The maximum absolute atomic E-state index is 11.8. The Morgan fingerprint density at radius 3 is 2.71 bits per heavy atom. The first-order chi connectivity index (χ1) is 7.88. The van der Waals surface area contributed by atoms with Crippen molar-refractivity contribution >= 4 is 29.5 Å². The fraction of sp³-hybridized carbons (Fsp3) is 0.667. The summed E-state index contributed by atoms with van der Waals surface area (Å²) in [5, 5.41) is 18.9. The van der Waals surface area contributed by atoms with Crippen LogP contribution in [0.3, 0.4) is 0 Å². The monoisotopic (exact) mass is 288 g/mol. The topological polar surface area (TPSA) is 80.9 Å². The number of carboxylic acids is 1. The first-order valence-corrected chi connectivity index (χ1v) is 6.17. The molecule has 0 aromatic carbocycles. The normalized spacial score (nSPS) is 11.7. The van der Waals surface area contributed by atoms with Gasteiger partial charge in [0.2, 0.25) is 5.16 Å². The van der Waals surface area contributed by atoms with E-state index >= 15 is 0 Å². The van der Waals surface area contributed by atoms with Crippen LogP contribution in [0.15, 0.2) is 5.16 Å². The number of tetrazole rings is 1. The van der Waals surface area contributed by atoms with E-state index in [0.29, 0.717) is 0 Å². The highest BCUT2D eigenvalue weighted by Crippen LogP contribution is 2.31. The zero-order valence-corrected chi connectivity index (χ0v) is 9.85. The van der Waals surface area contributed by atoms with Gasteiger partial charge in [-0.05, 0) is 10.4 Å². The number of nitrogens with zero attached hydrogens (tertiary/aromatic N) is 4. The molecule has 0 aliphatic carbocycles. The summed E-state index contributed by atoms with van der Waals surface area (Å²) in [5.74, 6) is -1.12. The number of halogens is 3. The molecular formula is C6H7F3N4O2S2. The number of rotatable bonds is 6. The minimum Gasteiger partial charge on any atom is -0.480 e. The number of aromatic nitrogens is 4. The lowest BCUT2D eigenvalue weighted by atomic mass is 10.7. The second-order valence-electron chi connectivity index (χ2n) is 2.66. The van der Waals surface area contributed by atoms with Gasteiger partial charge in [-0.15, -0.1) is 5.10 Å². The summed E-state index contributed by atoms with van der Waals surface area (Å²) in [5.41, 5.74) is -4.26. The summed E-state index contributed by atoms with van der Waals surface area (Å²) in [6, 6.07) is 0. The van der Waals surface area contributed by atoms with E-state index in [1.165, 1.54) is 0 Å². The molecule has 0 bridgehead atoms. The van der Waals surface area contributed by atoms with Gasteiger partial charge in [0, 0.05) is 11.5 Å². The van der Waals surface area contributed by atoms with Gasteiger partial charge in [-0.3, -0.25) is 4.79 Å². The van der Waals surface area contributed by atoms with Crippen molar-refractivity contribution in [2.45, 2.75) is 17.2 Å². The zero-order valence-electron chi connectivity index (χ0n) is 8.22. The van der Waals surface area contributed by atoms with Crippen molar-refractivity contribution in [3.8, 4) is 0 Å². The molecule has 1 aromatic heterocycles. The van der Waals surface area contributed by atoms with Crippen LogP contribution in [0.5, 0.6) is 0 Å². The molecule has 0 amide bonds. The fourth-order valence-corrected chi connectivity index (χ4v) is 2.24. The number of aliphatic carboxylic acids is 1. The molecule has 0 saturated heterocycles. The summed E-state index contributed by atoms with van der Waals surface area (Å²) >= 11 is 0.839. The highest BCUT2D eigenvalue weighted by atomic mass is 32.2. The second kappa shape index (κ2) is 6.10. The molecule has 0 fully saturated rings. The van der Waals surface area contributed by atoms with Crippen molar-refractivity contribution < 1.29 is 23.1 Å². The predicted octanol–water partition coefficient (Wildman–Crippen LogP) is 1.10. The quantitative estimate of drug-likeness (QED) is 0.620. The van der Waals surface area contributed by atoms with Crippen LogP contribution >= 0.6 is 23.5 Å². The molecule has 0 atom stereocenters. The van der Waals surface area contributed by atoms with Crippen molar-refractivity contribution in [1.29, 1.82) is 0 Å². The van der Waals surface area contributed by atoms with Gasteiger partial charge in [-0.1, -0.05) is 23.5 Å². The highest BCUT2D eigenvalue weighted by Gasteiger charge is 2.27. The molecule has 0 saturated carbocycles. The maximum Gasteiger partial charge on any atom is 0.441 e. The molecule has 0 aliphatic heterocycles. The number of alkyl halides is 3. The van der Waals surface area contributed by atoms with Crippen molar-refractivity contribution in [2.75, 3.05) is 11.5 Å². The molecular weight excluding hydrogens is 281 g/mol. The summed E-state index contributed by atoms with van der Waals surface area (Å²) in [4.78, 5) is 10.4. The molecule has 1 heterocycles. The van der Waals surface area contributed by atoms with E-state index < -0.39 is 18.0 Å². The number of thioether (sulfide) groups is 2. The van der Waals surface area contributed by atoms with Crippen LogP contribution in [0.4, 0.5) is 13.2 Å². The SMILES string of the molecule is O=C(O)Cn1nnnc1SCCSC(F)(F)F. The van der Waals surface area contributed by atoms with Gasteiger partial charge >= 0.3 is 11.5 Å². The van der Waals surface area contributed by atoms with Gasteiger partial charge in [0.25, 0.3) is 0 Å². The average molecular weight is 288 g/mol. The molecule has 6 nitrogen and oxygen atoms in total. The minimum atomic E-state index is -4.26. The molecule has 0 spiro atoms. The summed E-state index contributed by atoms with van der Waals surface area (Å²) < 4.78 is 36.4. The smallest absolute Gasteiger partial charge is 0.441 e. The molecule has 17 heavy (non-hydrogen) atoms. The standard InChI is InChI=1S/C6H7F3N4O2S2/c7-6(8,9)17-2-1-16-5-10-11-12-13(5)3-4(14)15/h1-3H2,(H,14,15). The Labute approximate surface area is 102 Å². The molecule has 96 valence electrons. The number of carbonyl (C=O) groups is 1. The number of carboxylic acid groups (broad SMARTS) is 1. The lowest BCUT2D eigenvalue weighted by Crippen LogP contribution is -2.11. The highest BCUT2D eigenvalue weighted by molar-refractivity contribution is 8.03. The fourth-order valence-electron chi connectivity index (χ4n) is 0.818. The van der Waals surface area contributed by atoms with E-state index in [9.17, 15) is 18.0 Å². The molecule has 0 aliphatic rings. The van der Waals surface area contributed by atoms with Gasteiger partial charge < -0.3 is 5.11 Å². The molecule has 1 aromatic rings. The first-order valence-electron chi connectivity index (χ1n) is 4.20. The van der Waals surface area contributed by atoms with Crippen LogP contribution in [-0.2, 0) is 11.3 Å². The van der Waals surface area contributed by atoms with Crippen LogP contribution < -0.4 is 0 Å². The Morgan fingerprint density at radius 1 is 1.41 bits per heavy atom. The zero-order chi connectivity index (χ0) is 12.9. The van der Waals surface area contributed by atoms with Gasteiger partial charge in [0.1, 0.15) is 6.54 Å². The number of hydrogen-bond donors (Lipinski definition) is 1. The van der Waals surface area contributed by atoms with Crippen LogP contribution in [-0.4, -0.2) is 48.3 Å². The Morgan fingerprint density at radius 2 is 2.12 bits per heavy atom. The van der Waals surface area contributed by atoms with E-state index in [2.05, 4.69) is 15.5 Å². The number of hydrogen-bond acceptors (Lipinski definition) is 6. The Hall–Kier alpha value is -0.970. The Bertz CT molecular complexity index is 384. The molecule has 1 N–H and O–H groups in total. The summed E-state index contributed by atoms with van der Waals surface area (Å²) in [7, 11) is 0. The van der Waals surface area contributed by atoms with Crippen molar-refractivity contribution in [3.05, 3.63) is 0 Å². The Kier molecular flexibility index (Phi) is 5.05. The molecule has 0 radical (unpaired) electrons. The molecule has 0 unspecified atom stereocenters. The largest absolute Gasteiger partial charge is 0.480 e. The lowest BCUT2D eigenvalue weighted by Gasteiger charge is -2.04. The maximum atomic E-state index is 11.8. The van der Waals surface area contributed by atoms with Crippen LogP contribution in [0, 0.1) is 0 Å². The van der Waals surface area contributed by atoms with Crippen molar-refractivity contribution in [2.24, 2.45) is 0 Å². The van der Waals surface area contributed by atoms with Gasteiger partial charge in [0.15, 0.2) is 0 Å². The van der Waals surface area contributed by atoms with Crippen molar-refractivity contribution in [3.63, 3.8) is 0 Å². The summed E-state index contributed by atoms with van der Waals surface area (Å²) in [6.07, 6.45) is 0. The second-order valence-corrected chi connectivity index (χ2v) is 4.88. The van der Waals surface area contributed by atoms with Gasteiger partial charge in [-0.2, -0.15) is 13.2 Å². The average Bonchev–Trinajstić information content (AvgIpc) is 2.58. The van der Waals surface area contributed by atoms with Crippen molar-refractivity contribution in [1.82, 2.24) is 20.2 Å². The van der Waals surface area contributed by atoms with E-state index in [0.717, 1.165) is 16.4 Å². The van der Waals surface area contributed by atoms with E-state index in [1.54, 1.807) is 0 Å². The Balaban J connectivity index is 2.36. The molecule has 1 rings (SSSR count). The van der Waals surface area contributed by atoms with Gasteiger partial charge in [-0.25, -0.2) is 4.68 Å². The van der Waals surface area contributed by atoms with Gasteiger partial charge in [0.05, 0.1) is 0 Å².